The van der Waals surface area contributed by atoms with E-state index in [9.17, 15) is 9.59 Å². The van der Waals surface area contributed by atoms with E-state index in [1.54, 1.807) is 6.92 Å². The first kappa shape index (κ1) is 14.7. The lowest BCUT2D eigenvalue weighted by Crippen LogP contribution is -2.48. The molecule has 0 aliphatic rings. The molecule has 0 radical (unpaired) electrons. The highest BCUT2D eigenvalue weighted by molar-refractivity contribution is 5.95. The topological polar surface area (TPSA) is 57.6 Å². The van der Waals surface area contributed by atoms with Crippen LogP contribution in [0.3, 0.4) is 0 Å². The maximum Gasteiger partial charge on any atom is 0.323 e. The van der Waals surface area contributed by atoms with Gasteiger partial charge in [0.15, 0.2) is 0 Å². The highest BCUT2D eigenvalue weighted by Gasteiger charge is 2.28. The van der Waals surface area contributed by atoms with Gasteiger partial charge in [0.05, 0.1) is 0 Å². The number of carbonyl (C=O) groups is 2. The summed E-state index contributed by atoms with van der Waals surface area (Å²) in [6.45, 7) is 8.87. The first-order valence-corrected chi connectivity index (χ1v) is 5.40. The molecule has 0 aromatic rings. The van der Waals surface area contributed by atoms with Crippen LogP contribution in [-0.4, -0.2) is 34.0 Å². The third-order valence-corrected chi connectivity index (χ3v) is 2.20. The molecule has 0 unspecified atom stereocenters. The average Bonchev–Trinajstić information content (AvgIpc) is 2.11. The van der Waals surface area contributed by atoms with Crippen LogP contribution in [0.2, 0.25) is 0 Å². The van der Waals surface area contributed by atoms with Crippen molar-refractivity contribution < 1.29 is 14.7 Å². The van der Waals surface area contributed by atoms with Crippen molar-refractivity contribution in [3.8, 4) is 0 Å². The molecular weight excluding hydrogens is 206 g/mol. The molecule has 0 saturated carbocycles. The van der Waals surface area contributed by atoms with Gasteiger partial charge in [-0.05, 0) is 34.1 Å². The second-order valence-corrected chi connectivity index (χ2v) is 4.75. The number of carboxylic acid groups (broad SMARTS) is 1. The van der Waals surface area contributed by atoms with Gasteiger partial charge in [-0.1, -0.05) is 13.0 Å². The van der Waals surface area contributed by atoms with Crippen LogP contribution in [0.5, 0.6) is 0 Å². The van der Waals surface area contributed by atoms with Crippen LogP contribution in [0, 0.1) is 0 Å². The molecule has 0 aliphatic carbocycles. The van der Waals surface area contributed by atoms with Crippen molar-refractivity contribution >= 4 is 11.9 Å². The molecule has 92 valence electrons. The zero-order valence-corrected chi connectivity index (χ0v) is 10.7. The highest BCUT2D eigenvalue weighted by Crippen LogP contribution is 2.16. The van der Waals surface area contributed by atoms with Gasteiger partial charge in [0.1, 0.15) is 6.54 Å². The maximum atomic E-state index is 12.0. The van der Waals surface area contributed by atoms with Crippen molar-refractivity contribution in [1.29, 1.82) is 0 Å². The summed E-state index contributed by atoms with van der Waals surface area (Å²) >= 11 is 0. The van der Waals surface area contributed by atoms with E-state index in [1.165, 1.54) is 4.90 Å². The minimum Gasteiger partial charge on any atom is -0.480 e. The molecule has 4 heteroatoms. The molecule has 0 atom stereocenters. The molecule has 0 bridgehead atoms. The zero-order valence-electron chi connectivity index (χ0n) is 10.7. The molecule has 1 amide bonds. The Morgan fingerprint density at radius 1 is 1.31 bits per heavy atom. The van der Waals surface area contributed by atoms with E-state index in [4.69, 9.17) is 5.11 Å². The molecule has 1 N–H and O–H groups in total. The summed E-state index contributed by atoms with van der Waals surface area (Å²) in [5.74, 6) is -1.20. The quantitative estimate of drug-likeness (QED) is 0.748. The molecule has 16 heavy (non-hydrogen) atoms. The molecule has 0 spiro atoms. The number of amides is 1. The molecule has 0 fully saturated rings. The van der Waals surface area contributed by atoms with E-state index >= 15 is 0 Å². The van der Waals surface area contributed by atoms with Gasteiger partial charge in [-0.25, -0.2) is 0 Å². The van der Waals surface area contributed by atoms with Crippen molar-refractivity contribution in [3.05, 3.63) is 11.6 Å². The molecule has 0 aliphatic heterocycles. The fourth-order valence-electron chi connectivity index (χ4n) is 1.36. The Bertz CT molecular complexity index is 300. The second-order valence-electron chi connectivity index (χ2n) is 4.75. The van der Waals surface area contributed by atoms with Crippen LogP contribution in [0.15, 0.2) is 11.6 Å². The summed E-state index contributed by atoms with van der Waals surface area (Å²) < 4.78 is 0. The smallest absolute Gasteiger partial charge is 0.323 e. The molecule has 0 aromatic carbocycles. The predicted molar refractivity (Wildman–Crippen MR) is 63.1 cm³/mol. The van der Waals surface area contributed by atoms with E-state index in [0.29, 0.717) is 5.57 Å². The average molecular weight is 227 g/mol. The zero-order chi connectivity index (χ0) is 12.9. The van der Waals surface area contributed by atoms with Gasteiger partial charge in [0.25, 0.3) is 0 Å². The lowest BCUT2D eigenvalue weighted by Gasteiger charge is -2.34. The summed E-state index contributed by atoms with van der Waals surface area (Å²) in [5.41, 5.74) is 0.108. The Kier molecular flexibility index (Phi) is 5.21. The number of carboxylic acids is 1. The predicted octanol–water partition coefficient (Wildman–Crippen LogP) is 2.05. The van der Waals surface area contributed by atoms with Crippen molar-refractivity contribution in [3.63, 3.8) is 0 Å². The fourth-order valence-corrected chi connectivity index (χ4v) is 1.36. The summed E-state index contributed by atoms with van der Waals surface area (Å²) in [7, 11) is 0. The van der Waals surface area contributed by atoms with Gasteiger partial charge in [-0.2, -0.15) is 0 Å². The van der Waals surface area contributed by atoms with E-state index in [-0.39, 0.29) is 12.5 Å². The van der Waals surface area contributed by atoms with Crippen LogP contribution in [-0.2, 0) is 9.59 Å². The number of hydrogen-bond donors (Lipinski definition) is 1. The molecular formula is C12H21NO3. The monoisotopic (exact) mass is 227 g/mol. The number of allylic oxidation sites excluding steroid dienone is 1. The van der Waals surface area contributed by atoms with Gasteiger partial charge in [0, 0.05) is 11.1 Å². The van der Waals surface area contributed by atoms with E-state index in [0.717, 1.165) is 6.42 Å². The van der Waals surface area contributed by atoms with Gasteiger partial charge in [-0.15, -0.1) is 0 Å². The SMILES string of the molecule is CCC=C(C)C(=O)N(CC(=O)O)C(C)(C)C. The summed E-state index contributed by atoms with van der Waals surface area (Å²) in [6, 6.07) is 0. The van der Waals surface area contributed by atoms with Gasteiger partial charge in [-0.3, -0.25) is 9.59 Å². The van der Waals surface area contributed by atoms with E-state index < -0.39 is 11.5 Å². The van der Waals surface area contributed by atoms with Crippen LogP contribution < -0.4 is 0 Å². The number of rotatable bonds is 4. The molecule has 0 saturated heterocycles. The Balaban J connectivity index is 4.98. The molecule has 4 nitrogen and oxygen atoms in total. The Morgan fingerprint density at radius 3 is 2.12 bits per heavy atom. The Labute approximate surface area is 96.9 Å². The first-order valence-electron chi connectivity index (χ1n) is 5.40. The molecule has 0 heterocycles. The highest BCUT2D eigenvalue weighted by atomic mass is 16.4. The lowest BCUT2D eigenvalue weighted by atomic mass is 10.0. The minimum absolute atomic E-state index is 0.211. The van der Waals surface area contributed by atoms with Crippen LogP contribution in [0.1, 0.15) is 41.0 Å². The standard InChI is InChI=1S/C12H21NO3/c1-6-7-9(2)11(16)13(8-10(14)15)12(3,4)5/h7H,6,8H2,1-5H3,(H,14,15). The van der Waals surface area contributed by atoms with Crippen LogP contribution >= 0.6 is 0 Å². The summed E-state index contributed by atoms with van der Waals surface area (Å²) in [5, 5.41) is 8.79. The van der Waals surface area contributed by atoms with Crippen molar-refractivity contribution in [1.82, 2.24) is 4.90 Å². The molecule has 0 aromatic heterocycles. The number of nitrogens with zero attached hydrogens (tertiary/aromatic N) is 1. The lowest BCUT2D eigenvalue weighted by molar-refractivity contribution is -0.146. The van der Waals surface area contributed by atoms with Gasteiger partial charge in [0.2, 0.25) is 5.91 Å². The number of carbonyl (C=O) groups excluding carboxylic acids is 1. The van der Waals surface area contributed by atoms with Crippen molar-refractivity contribution in [2.45, 2.75) is 46.6 Å². The Morgan fingerprint density at radius 2 is 1.81 bits per heavy atom. The third kappa shape index (κ3) is 4.47. The summed E-state index contributed by atoms with van der Waals surface area (Å²) in [4.78, 5) is 24.1. The Hall–Kier alpha value is -1.32. The fraction of sp³-hybridized carbons (Fsp3) is 0.667. The van der Waals surface area contributed by atoms with Gasteiger partial charge < -0.3 is 10.0 Å². The van der Waals surface area contributed by atoms with Crippen LogP contribution in [0.4, 0.5) is 0 Å². The first-order chi connectivity index (χ1) is 7.20. The summed E-state index contributed by atoms with van der Waals surface area (Å²) in [6.07, 6.45) is 2.57. The number of aliphatic carboxylic acids is 1. The molecule has 0 rings (SSSR count). The second kappa shape index (κ2) is 5.68. The minimum atomic E-state index is -0.993. The number of hydrogen-bond acceptors (Lipinski definition) is 2. The van der Waals surface area contributed by atoms with Gasteiger partial charge >= 0.3 is 5.97 Å². The maximum absolute atomic E-state index is 12.0. The van der Waals surface area contributed by atoms with Crippen molar-refractivity contribution in [2.24, 2.45) is 0 Å². The van der Waals surface area contributed by atoms with E-state index in [1.807, 2.05) is 33.8 Å². The third-order valence-electron chi connectivity index (χ3n) is 2.20. The largest absolute Gasteiger partial charge is 0.480 e. The normalized spacial score (nSPS) is 12.4. The van der Waals surface area contributed by atoms with Crippen LogP contribution in [0.25, 0.3) is 0 Å². The van der Waals surface area contributed by atoms with Crippen molar-refractivity contribution in [2.75, 3.05) is 6.54 Å². The van der Waals surface area contributed by atoms with E-state index in [2.05, 4.69) is 0 Å².